The molecule has 3 saturated heterocycles. The second-order valence-corrected chi connectivity index (χ2v) is 14.7. The minimum absolute atomic E-state index is 0.0264. The second kappa shape index (κ2) is 16.0. The molecule has 5 heterocycles. The van der Waals surface area contributed by atoms with Crippen molar-refractivity contribution in [3.63, 3.8) is 0 Å². The van der Waals surface area contributed by atoms with Crippen molar-refractivity contribution in [3.05, 3.63) is 63.6 Å². The predicted molar refractivity (Wildman–Crippen MR) is 197 cm³/mol. The molecule has 2 N–H and O–H groups in total. The molecule has 7 rings (SSSR count). The summed E-state index contributed by atoms with van der Waals surface area (Å²) < 4.78 is 16.9. The summed E-state index contributed by atoms with van der Waals surface area (Å²) in [4.78, 5) is 76.0. The van der Waals surface area contributed by atoms with Crippen molar-refractivity contribution < 1.29 is 33.1 Å². The minimum atomic E-state index is -1.10. The van der Waals surface area contributed by atoms with E-state index in [0.29, 0.717) is 81.7 Å². The number of aromatic amines is 1. The molecule has 0 aliphatic carbocycles. The number of hydrogen-bond acceptors (Lipinski definition) is 9. The molecule has 4 aliphatic heterocycles. The molecule has 14 nitrogen and oxygen atoms in total. The number of aryl methyl sites for hydroxylation is 1. The van der Waals surface area contributed by atoms with Gasteiger partial charge in [-0.15, -0.1) is 0 Å². The Balaban J connectivity index is 1.01. The maximum absolute atomic E-state index is 14.2. The van der Waals surface area contributed by atoms with Gasteiger partial charge in [0.05, 0.1) is 12.1 Å². The highest BCUT2D eigenvalue weighted by Gasteiger charge is 2.40. The molecule has 2 atom stereocenters. The minimum Gasteiger partial charge on any atom is -0.465 e. The van der Waals surface area contributed by atoms with Crippen LogP contribution < -0.4 is 11.1 Å². The third-order valence-corrected chi connectivity index (χ3v) is 11.3. The molecule has 0 spiro atoms. The number of carbonyl (C=O) groups is 4. The first-order chi connectivity index (χ1) is 25.7. The Kier molecular flexibility index (Phi) is 11.0. The number of ether oxygens (including phenoxy) is 2. The molecule has 4 aliphatic rings. The van der Waals surface area contributed by atoms with Crippen LogP contribution in [-0.2, 0) is 31.9 Å². The lowest BCUT2D eigenvalue weighted by Gasteiger charge is -2.40. The summed E-state index contributed by atoms with van der Waals surface area (Å²) in [6.45, 7) is 7.41. The zero-order valence-electron chi connectivity index (χ0n) is 30.6. The van der Waals surface area contributed by atoms with E-state index in [1.165, 1.54) is 0 Å². The molecule has 284 valence electrons. The highest BCUT2D eigenvalue weighted by atomic mass is 16.6. The Labute approximate surface area is 308 Å². The van der Waals surface area contributed by atoms with E-state index in [1.807, 2.05) is 49.1 Å². The van der Waals surface area contributed by atoms with Gasteiger partial charge in [-0.1, -0.05) is 31.2 Å². The molecule has 0 bridgehead atoms. The average Bonchev–Trinajstić information content (AvgIpc) is 3.77. The summed E-state index contributed by atoms with van der Waals surface area (Å²) in [5, 5.41) is 3.04. The van der Waals surface area contributed by atoms with Crippen molar-refractivity contribution in [1.29, 1.82) is 0 Å². The number of piperidine rings is 2. The van der Waals surface area contributed by atoms with Crippen LogP contribution in [0, 0.1) is 6.92 Å². The molecular formula is C39H50N6O8. The van der Waals surface area contributed by atoms with E-state index in [2.05, 4.69) is 15.2 Å². The van der Waals surface area contributed by atoms with Gasteiger partial charge < -0.3 is 33.9 Å². The summed E-state index contributed by atoms with van der Waals surface area (Å²) in [7, 11) is 0. The Morgan fingerprint density at radius 2 is 1.66 bits per heavy atom. The molecule has 0 saturated carbocycles. The molecule has 14 heteroatoms. The topological polar surface area (TPSA) is 158 Å². The van der Waals surface area contributed by atoms with Crippen LogP contribution >= 0.6 is 0 Å². The number of H-pyrrole nitrogens is 1. The zero-order chi connectivity index (χ0) is 37.1. The molecule has 53 heavy (non-hydrogen) atoms. The van der Waals surface area contributed by atoms with Crippen molar-refractivity contribution in [1.82, 2.24) is 24.6 Å². The third-order valence-electron chi connectivity index (χ3n) is 11.3. The number of anilines is 1. The van der Waals surface area contributed by atoms with E-state index < -0.39 is 18.0 Å². The predicted octanol–water partition coefficient (Wildman–Crippen LogP) is 4.44. The monoisotopic (exact) mass is 730 g/mol. The third kappa shape index (κ3) is 8.07. The van der Waals surface area contributed by atoms with Crippen LogP contribution in [0.1, 0.15) is 68.6 Å². The van der Waals surface area contributed by atoms with Crippen LogP contribution in [0.2, 0.25) is 0 Å². The molecule has 4 amide bonds. The van der Waals surface area contributed by atoms with Crippen LogP contribution in [0.5, 0.6) is 0 Å². The highest BCUT2D eigenvalue weighted by molar-refractivity contribution is 5.91. The number of nitrogens with zero attached hydrogens (tertiary/aromatic N) is 4. The van der Waals surface area contributed by atoms with Gasteiger partial charge in [0.25, 0.3) is 5.91 Å². The number of carbonyl (C=O) groups excluding carboxylic acids is 4. The van der Waals surface area contributed by atoms with Crippen molar-refractivity contribution in [2.75, 3.05) is 51.2 Å². The van der Waals surface area contributed by atoms with Crippen LogP contribution in [0.15, 0.2) is 45.6 Å². The summed E-state index contributed by atoms with van der Waals surface area (Å²) in [6, 6.07) is 11.2. The number of para-hydroxylation sites is 1. The van der Waals surface area contributed by atoms with Crippen LogP contribution in [0.25, 0.3) is 11.1 Å². The lowest BCUT2D eigenvalue weighted by atomic mass is 9.99. The highest BCUT2D eigenvalue weighted by Crippen LogP contribution is 2.29. The van der Waals surface area contributed by atoms with Gasteiger partial charge in [0, 0.05) is 56.9 Å². The van der Waals surface area contributed by atoms with E-state index in [4.69, 9.17) is 13.9 Å². The number of likely N-dealkylation sites (tertiary alicyclic amines) is 3. The number of nitrogens with one attached hydrogen (secondary N) is 2. The van der Waals surface area contributed by atoms with E-state index in [0.717, 1.165) is 49.0 Å². The van der Waals surface area contributed by atoms with E-state index in [1.54, 1.807) is 15.9 Å². The van der Waals surface area contributed by atoms with Gasteiger partial charge in [0.2, 0.25) is 0 Å². The first kappa shape index (κ1) is 36.5. The maximum atomic E-state index is 14.2. The largest absolute Gasteiger partial charge is 0.465 e. The average molecular weight is 731 g/mol. The summed E-state index contributed by atoms with van der Waals surface area (Å²) in [6.07, 6.45) is 4.28. The van der Waals surface area contributed by atoms with Gasteiger partial charge in [-0.3, -0.25) is 19.5 Å². The van der Waals surface area contributed by atoms with Gasteiger partial charge in [0.15, 0.2) is 11.7 Å². The summed E-state index contributed by atoms with van der Waals surface area (Å²) in [5.41, 5.74) is 4.39. The number of urea groups is 1. The Morgan fingerprint density at radius 1 is 0.925 bits per heavy atom. The van der Waals surface area contributed by atoms with E-state index >= 15 is 0 Å². The number of fused-ring (bicyclic) bond motifs is 2. The number of benzene rings is 2. The second-order valence-electron chi connectivity index (χ2n) is 14.7. The number of esters is 1. The standard InChI is InChI=1S/C39H50N6O8/c1-3-21-51-36(47)31-9-6-15-44(31)28-11-16-42(17-12-28)35(46)33(24-26-22-25(2)34-32(23-26)52-38(49)41-34)53-39(50)43-18-13-29(14-19-43)45-20-10-27-7-4-5-8-30(27)40-37(45)48/h4-5,7-8,22-23,28-29,31,33H,3,6,9-21,24H2,1-2H3,(H,40,48)(H,41,49)/t31-,33+/m0/s1. The normalized spacial score (nSPS) is 20.9. The van der Waals surface area contributed by atoms with Crippen molar-refractivity contribution in [3.8, 4) is 0 Å². The fourth-order valence-corrected chi connectivity index (χ4v) is 8.50. The summed E-state index contributed by atoms with van der Waals surface area (Å²) in [5.74, 6) is -1.00. The number of aromatic nitrogens is 1. The van der Waals surface area contributed by atoms with Crippen molar-refractivity contribution in [2.45, 2.75) is 95.9 Å². The van der Waals surface area contributed by atoms with Crippen LogP contribution in [-0.4, -0.2) is 119 Å². The molecule has 1 aromatic heterocycles. The Bertz CT molecular complexity index is 1870. The molecule has 0 unspecified atom stereocenters. The zero-order valence-corrected chi connectivity index (χ0v) is 30.6. The van der Waals surface area contributed by atoms with E-state index in [9.17, 15) is 24.0 Å². The van der Waals surface area contributed by atoms with Crippen molar-refractivity contribution >= 4 is 40.8 Å². The first-order valence-corrected chi connectivity index (χ1v) is 19.1. The lowest BCUT2D eigenvalue weighted by molar-refractivity contribution is -0.151. The lowest BCUT2D eigenvalue weighted by Crippen LogP contribution is -2.53. The number of rotatable bonds is 9. The maximum Gasteiger partial charge on any atom is 0.417 e. The molecule has 0 radical (unpaired) electrons. The van der Waals surface area contributed by atoms with Crippen LogP contribution in [0.4, 0.5) is 15.3 Å². The smallest absolute Gasteiger partial charge is 0.417 e. The van der Waals surface area contributed by atoms with Crippen molar-refractivity contribution in [2.24, 2.45) is 0 Å². The molecular weight excluding hydrogens is 680 g/mol. The molecule has 3 aromatic rings. The fourth-order valence-electron chi connectivity index (χ4n) is 8.50. The van der Waals surface area contributed by atoms with Gasteiger partial charge in [-0.25, -0.2) is 14.4 Å². The fraction of sp³-hybridized carbons (Fsp3) is 0.564. The van der Waals surface area contributed by atoms with E-state index in [-0.39, 0.29) is 42.5 Å². The van der Waals surface area contributed by atoms with Gasteiger partial charge >= 0.3 is 23.8 Å². The SMILES string of the molecule is CCCOC(=O)[C@@H]1CCCN1C1CCN(C(=O)[C@@H](Cc2cc(C)c3[nH]c(=O)oc3c2)OC(=O)N2CCC(N3CCc4ccccc4NC3=O)CC2)CC1. The molecule has 2 aromatic carbocycles. The van der Waals surface area contributed by atoms with Crippen LogP contribution in [0.3, 0.4) is 0 Å². The number of amides is 4. The first-order valence-electron chi connectivity index (χ1n) is 19.1. The summed E-state index contributed by atoms with van der Waals surface area (Å²) >= 11 is 0. The number of hydrogen-bond donors (Lipinski definition) is 2. The van der Waals surface area contributed by atoms with Gasteiger partial charge in [-0.2, -0.15) is 0 Å². The Morgan fingerprint density at radius 3 is 2.43 bits per heavy atom. The quantitative estimate of drug-likeness (QED) is 0.304. The molecule has 3 fully saturated rings. The van der Waals surface area contributed by atoms with Gasteiger partial charge in [0.1, 0.15) is 6.04 Å². The van der Waals surface area contributed by atoms with Gasteiger partial charge in [-0.05, 0) is 93.7 Å². The number of oxazole rings is 1. The Hall–Kier alpha value is -4.85.